The van der Waals surface area contributed by atoms with Crippen LogP contribution in [0.15, 0.2) is 71.6 Å². The predicted molar refractivity (Wildman–Crippen MR) is 129 cm³/mol. The van der Waals surface area contributed by atoms with E-state index in [1.165, 1.54) is 56.7 Å². The summed E-state index contributed by atoms with van der Waals surface area (Å²) in [6, 6.07) is 16.9. The molecule has 9 nitrogen and oxygen atoms in total. The number of amides is 2. The standard InChI is InChI=1S/C24H25N3O6S/c1-16-4-11-20(12-5-16)34(30,31)27(21-14-19(32-2)10-13-22(21)33-3)15-23(28)26-18-8-6-17(7-9-18)24(25)29/h4-14H,15H2,1-3H3,(H2,25,29)(H,26,28). The first-order valence-electron chi connectivity index (χ1n) is 10.2. The first-order valence-corrected chi connectivity index (χ1v) is 11.6. The van der Waals surface area contributed by atoms with Gasteiger partial charge in [0, 0.05) is 17.3 Å². The molecule has 2 amide bonds. The quantitative estimate of drug-likeness (QED) is 0.482. The van der Waals surface area contributed by atoms with Gasteiger partial charge in [-0.1, -0.05) is 17.7 Å². The van der Waals surface area contributed by atoms with Gasteiger partial charge in [-0.3, -0.25) is 13.9 Å². The minimum absolute atomic E-state index is 0.0154. The molecule has 0 atom stereocenters. The van der Waals surface area contributed by atoms with Crippen molar-refractivity contribution >= 4 is 33.2 Å². The van der Waals surface area contributed by atoms with E-state index in [1.807, 2.05) is 6.92 Å². The third-order valence-electron chi connectivity index (χ3n) is 5.00. The molecule has 3 N–H and O–H groups in total. The first kappa shape index (κ1) is 24.6. The lowest BCUT2D eigenvalue weighted by molar-refractivity contribution is -0.114. The number of carbonyl (C=O) groups is 2. The van der Waals surface area contributed by atoms with Gasteiger partial charge in [-0.05, 0) is 55.5 Å². The number of benzene rings is 3. The Morgan fingerprint density at radius 3 is 2.15 bits per heavy atom. The normalized spacial score (nSPS) is 10.9. The fourth-order valence-electron chi connectivity index (χ4n) is 3.18. The van der Waals surface area contributed by atoms with Crippen molar-refractivity contribution in [2.24, 2.45) is 5.73 Å². The number of hydrogen-bond acceptors (Lipinski definition) is 6. The van der Waals surface area contributed by atoms with Crippen molar-refractivity contribution in [3.8, 4) is 11.5 Å². The van der Waals surface area contributed by atoms with E-state index in [0.717, 1.165) is 9.87 Å². The smallest absolute Gasteiger partial charge is 0.264 e. The monoisotopic (exact) mass is 483 g/mol. The van der Waals surface area contributed by atoms with E-state index in [4.69, 9.17) is 15.2 Å². The lowest BCUT2D eigenvalue weighted by atomic mass is 10.2. The Labute approximate surface area is 198 Å². The van der Waals surface area contributed by atoms with Gasteiger partial charge in [0.25, 0.3) is 10.0 Å². The molecule has 0 aromatic heterocycles. The maximum Gasteiger partial charge on any atom is 0.264 e. The maximum absolute atomic E-state index is 13.6. The second-order valence-electron chi connectivity index (χ2n) is 7.35. The summed E-state index contributed by atoms with van der Waals surface area (Å²) < 4.78 is 38.8. The van der Waals surface area contributed by atoms with Crippen LogP contribution < -0.4 is 24.8 Å². The summed E-state index contributed by atoms with van der Waals surface area (Å²) >= 11 is 0. The SMILES string of the molecule is COc1ccc(OC)c(N(CC(=O)Nc2ccc(C(N)=O)cc2)S(=O)(=O)c2ccc(C)cc2)c1. The average Bonchev–Trinajstić information content (AvgIpc) is 2.82. The van der Waals surface area contributed by atoms with E-state index in [2.05, 4.69) is 5.32 Å². The van der Waals surface area contributed by atoms with E-state index >= 15 is 0 Å². The molecule has 0 fully saturated rings. The molecule has 0 aliphatic rings. The Kier molecular flexibility index (Phi) is 7.42. The van der Waals surface area contributed by atoms with Gasteiger partial charge in [-0.25, -0.2) is 8.42 Å². The van der Waals surface area contributed by atoms with Crippen LogP contribution in [0.3, 0.4) is 0 Å². The highest BCUT2D eigenvalue weighted by atomic mass is 32.2. The van der Waals surface area contributed by atoms with E-state index in [0.29, 0.717) is 11.4 Å². The van der Waals surface area contributed by atoms with Crippen LogP contribution in [0.5, 0.6) is 11.5 Å². The number of methoxy groups -OCH3 is 2. The van der Waals surface area contributed by atoms with Crippen molar-refractivity contribution in [2.45, 2.75) is 11.8 Å². The average molecular weight is 484 g/mol. The minimum Gasteiger partial charge on any atom is -0.497 e. The number of hydrogen-bond donors (Lipinski definition) is 2. The highest BCUT2D eigenvalue weighted by molar-refractivity contribution is 7.92. The number of nitrogens with zero attached hydrogens (tertiary/aromatic N) is 1. The molecular formula is C24H25N3O6S. The number of anilines is 2. The molecule has 0 saturated heterocycles. The van der Waals surface area contributed by atoms with Gasteiger partial charge in [-0.15, -0.1) is 0 Å². The van der Waals surface area contributed by atoms with Crippen molar-refractivity contribution in [3.63, 3.8) is 0 Å². The van der Waals surface area contributed by atoms with Crippen molar-refractivity contribution in [3.05, 3.63) is 77.9 Å². The summed E-state index contributed by atoms with van der Waals surface area (Å²) in [5.41, 5.74) is 6.92. The second kappa shape index (κ2) is 10.3. The van der Waals surface area contributed by atoms with Gasteiger partial charge in [0.05, 0.1) is 24.8 Å². The lowest BCUT2D eigenvalue weighted by Crippen LogP contribution is -2.38. The van der Waals surface area contributed by atoms with Crippen LogP contribution in [0.1, 0.15) is 15.9 Å². The van der Waals surface area contributed by atoms with Crippen LogP contribution >= 0.6 is 0 Å². The van der Waals surface area contributed by atoms with Gasteiger partial charge in [0.1, 0.15) is 18.0 Å². The Hall–Kier alpha value is -4.05. The van der Waals surface area contributed by atoms with Gasteiger partial charge in [0.2, 0.25) is 11.8 Å². The fraction of sp³-hybridized carbons (Fsp3) is 0.167. The second-order valence-corrected chi connectivity index (χ2v) is 9.21. The van der Waals surface area contributed by atoms with Gasteiger partial charge in [-0.2, -0.15) is 0 Å². The van der Waals surface area contributed by atoms with E-state index in [9.17, 15) is 18.0 Å². The summed E-state index contributed by atoms with van der Waals surface area (Å²) in [5, 5.41) is 2.64. The van der Waals surface area contributed by atoms with Crippen LogP contribution in [-0.4, -0.2) is 41.0 Å². The Bertz CT molecular complexity index is 1290. The molecule has 178 valence electrons. The van der Waals surface area contributed by atoms with Crippen LogP contribution in [0.4, 0.5) is 11.4 Å². The molecule has 0 saturated carbocycles. The molecule has 34 heavy (non-hydrogen) atoms. The molecule has 3 aromatic carbocycles. The largest absolute Gasteiger partial charge is 0.497 e. The number of rotatable bonds is 9. The molecule has 0 aliphatic heterocycles. The highest BCUT2D eigenvalue weighted by Crippen LogP contribution is 2.35. The van der Waals surface area contributed by atoms with Crippen molar-refractivity contribution in [1.29, 1.82) is 0 Å². The zero-order valence-corrected chi connectivity index (χ0v) is 19.8. The van der Waals surface area contributed by atoms with Gasteiger partial charge in [0.15, 0.2) is 0 Å². The van der Waals surface area contributed by atoms with Crippen molar-refractivity contribution in [2.75, 3.05) is 30.4 Å². The van der Waals surface area contributed by atoms with Crippen molar-refractivity contribution in [1.82, 2.24) is 0 Å². The minimum atomic E-state index is -4.16. The summed E-state index contributed by atoms with van der Waals surface area (Å²) in [7, 11) is -1.30. The number of aryl methyl sites for hydroxylation is 1. The maximum atomic E-state index is 13.6. The number of nitrogens with two attached hydrogens (primary N) is 1. The number of ether oxygens (including phenoxy) is 2. The molecule has 0 radical (unpaired) electrons. The molecule has 3 aromatic rings. The van der Waals surface area contributed by atoms with Crippen LogP contribution in [0, 0.1) is 6.92 Å². The Balaban J connectivity index is 2.00. The topological polar surface area (TPSA) is 128 Å². The molecule has 0 bridgehead atoms. The van der Waals surface area contributed by atoms with Crippen LogP contribution in [0.25, 0.3) is 0 Å². The lowest BCUT2D eigenvalue weighted by Gasteiger charge is -2.26. The van der Waals surface area contributed by atoms with E-state index in [1.54, 1.807) is 24.3 Å². The molecule has 0 heterocycles. The Morgan fingerprint density at radius 2 is 1.59 bits per heavy atom. The van der Waals surface area contributed by atoms with Crippen LogP contribution in [0.2, 0.25) is 0 Å². The highest BCUT2D eigenvalue weighted by Gasteiger charge is 2.30. The van der Waals surface area contributed by atoms with E-state index in [-0.39, 0.29) is 21.9 Å². The summed E-state index contributed by atoms with van der Waals surface area (Å²) in [6.07, 6.45) is 0. The zero-order valence-electron chi connectivity index (χ0n) is 18.9. The molecule has 10 heteroatoms. The fourth-order valence-corrected chi connectivity index (χ4v) is 4.60. The molecule has 3 rings (SSSR count). The van der Waals surface area contributed by atoms with Crippen molar-refractivity contribution < 1.29 is 27.5 Å². The zero-order chi connectivity index (χ0) is 24.9. The molecule has 0 unspecified atom stereocenters. The number of primary amides is 1. The van der Waals surface area contributed by atoms with Gasteiger partial charge < -0.3 is 20.5 Å². The van der Waals surface area contributed by atoms with E-state index < -0.39 is 28.4 Å². The Morgan fingerprint density at radius 1 is 0.941 bits per heavy atom. The molecule has 0 aliphatic carbocycles. The van der Waals surface area contributed by atoms with Crippen LogP contribution in [-0.2, 0) is 14.8 Å². The molecule has 0 spiro atoms. The third kappa shape index (κ3) is 5.46. The summed E-state index contributed by atoms with van der Waals surface area (Å²) in [5.74, 6) is -0.566. The summed E-state index contributed by atoms with van der Waals surface area (Å²) in [6.45, 7) is 1.30. The van der Waals surface area contributed by atoms with Gasteiger partial charge >= 0.3 is 0 Å². The molecular weight excluding hydrogens is 458 g/mol. The number of nitrogens with one attached hydrogen (secondary N) is 1. The number of sulfonamides is 1. The first-order chi connectivity index (χ1) is 16.1. The third-order valence-corrected chi connectivity index (χ3v) is 6.78. The summed E-state index contributed by atoms with van der Waals surface area (Å²) in [4.78, 5) is 24.2. The predicted octanol–water partition coefficient (Wildman–Crippen LogP) is 2.95. The number of carbonyl (C=O) groups excluding carboxylic acids is 2.